The molecule has 0 aliphatic heterocycles. The number of aryl methyl sites for hydroxylation is 3. The number of nitrogens with one attached hydrogen (secondary N) is 1. The van der Waals surface area contributed by atoms with Gasteiger partial charge in [0.2, 0.25) is 0 Å². The number of rotatable bonds is 4. The molecule has 0 bridgehead atoms. The Hall–Kier alpha value is -2.62. The highest BCUT2D eigenvalue weighted by Gasteiger charge is 2.20. The number of benzene rings is 2. The van der Waals surface area contributed by atoms with E-state index in [4.69, 9.17) is 4.74 Å². The summed E-state index contributed by atoms with van der Waals surface area (Å²) in [6.45, 7) is 3.54. The molecule has 1 N–H and O–H groups in total. The number of hydrogen-bond acceptors (Lipinski definition) is 3. The fourth-order valence-corrected chi connectivity index (χ4v) is 3.11. The summed E-state index contributed by atoms with van der Waals surface area (Å²) in [5.41, 5.74) is 4.79. The van der Waals surface area contributed by atoms with Crippen LogP contribution in [0.1, 0.15) is 46.8 Å². The molecule has 2 aromatic rings. The Kier molecular flexibility index (Phi) is 5.17. The third-order valence-corrected chi connectivity index (χ3v) is 4.52. The van der Waals surface area contributed by atoms with E-state index in [0.717, 1.165) is 24.8 Å². The molecule has 0 aromatic heterocycles. The summed E-state index contributed by atoms with van der Waals surface area (Å²) in [6.07, 6.45) is 3.57. The van der Waals surface area contributed by atoms with Gasteiger partial charge < -0.3 is 10.1 Å². The molecule has 1 aliphatic carbocycles. The molecule has 0 heterocycles. The molecule has 3 rings (SSSR count). The predicted molar refractivity (Wildman–Crippen MR) is 97.8 cm³/mol. The van der Waals surface area contributed by atoms with Crippen molar-refractivity contribution in [1.29, 1.82) is 0 Å². The lowest BCUT2D eigenvalue weighted by Crippen LogP contribution is -2.30. The van der Waals surface area contributed by atoms with Gasteiger partial charge in [-0.2, -0.15) is 0 Å². The van der Waals surface area contributed by atoms with Crippen LogP contribution in [0.5, 0.6) is 0 Å². The van der Waals surface area contributed by atoms with Crippen molar-refractivity contribution in [2.75, 3.05) is 5.32 Å². The highest BCUT2D eigenvalue weighted by Crippen LogP contribution is 2.22. The number of amides is 1. The molecule has 0 radical (unpaired) electrons. The highest BCUT2D eigenvalue weighted by atomic mass is 16.5. The molecule has 1 amide bonds. The topological polar surface area (TPSA) is 55.4 Å². The fraction of sp³-hybridized carbons (Fsp3) is 0.333. The molecule has 1 atom stereocenters. The third-order valence-electron chi connectivity index (χ3n) is 4.52. The van der Waals surface area contributed by atoms with Crippen molar-refractivity contribution in [2.24, 2.45) is 0 Å². The molecule has 0 spiro atoms. The van der Waals surface area contributed by atoms with Crippen LogP contribution in [0.2, 0.25) is 0 Å². The van der Waals surface area contributed by atoms with Crippen LogP contribution in [-0.2, 0) is 22.4 Å². The van der Waals surface area contributed by atoms with Crippen LogP contribution in [-0.4, -0.2) is 18.0 Å². The molecule has 0 saturated heterocycles. The lowest BCUT2D eigenvalue weighted by atomic mass is 9.90. The van der Waals surface area contributed by atoms with Gasteiger partial charge in [0.1, 0.15) is 0 Å². The van der Waals surface area contributed by atoms with Crippen LogP contribution in [0, 0.1) is 6.92 Å². The highest BCUT2D eigenvalue weighted by molar-refractivity contribution is 5.97. The second kappa shape index (κ2) is 7.51. The zero-order valence-electron chi connectivity index (χ0n) is 14.7. The maximum Gasteiger partial charge on any atom is 0.338 e. The van der Waals surface area contributed by atoms with E-state index in [1.807, 2.05) is 43.3 Å². The van der Waals surface area contributed by atoms with Crippen molar-refractivity contribution in [3.8, 4) is 0 Å². The first-order valence-corrected chi connectivity index (χ1v) is 8.73. The Morgan fingerprint density at radius 1 is 1.04 bits per heavy atom. The molecule has 4 heteroatoms. The zero-order valence-corrected chi connectivity index (χ0v) is 14.7. The van der Waals surface area contributed by atoms with E-state index in [-0.39, 0.29) is 5.91 Å². The second-order valence-electron chi connectivity index (χ2n) is 6.60. The van der Waals surface area contributed by atoms with Gasteiger partial charge in [0.25, 0.3) is 5.91 Å². The van der Waals surface area contributed by atoms with Crippen LogP contribution in [0.25, 0.3) is 0 Å². The number of esters is 1. The molecule has 1 aliphatic rings. The number of carbonyl (C=O) groups excluding carboxylic acids is 2. The molecule has 0 saturated carbocycles. The number of fused-ring (bicyclic) bond motifs is 1. The monoisotopic (exact) mass is 337 g/mol. The van der Waals surface area contributed by atoms with E-state index in [2.05, 4.69) is 5.32 Å². The summed E-state index contributed by atoms with van der Waals surface area (Å²) in [7, 11) is 0. The van der Waals surface area contributed by atoms with Gasteiger partial charge >= 0.3 is 5.97 Å². The molecule has 25 heavy (non-hydrogen) atoms. The third kappa shape index (κ3) is 4.27. The van der Waals surface area contributed by atoms with Crippen molar-refractivity contribution in [2.45, 2.75) is 45.6 Å². The van der Waals surface area contributed by atoms with Gasteiger partial charge in [-0.15, -0.1) is 0 Å². The molecular weight excluding hydrogens is 314 g/mol. The summed E-state index contributed by atoms with van der Waals surface area (Å²) in [5, 5.41) is 2.77. The van der Waals surface area contributed by atoms with Crippen LogP contribution >= 0.6 is 0 Å². The van der Waals surface area contributed by atoms with Crippen molar-refractivity contribution in [3.05, 3.63) is 64.7 Å². The van der Waals surface area contributed by atoms with Crippen LogP contribution in [0.3, 0.4) is 0 Å². The van der Waals surface area contributed by atoms with Crippen molar-refractivity contribution in [1.82, 2.24) is 0 Å². The number of anilines is 1. The van der Waals surface area contributed by atoms with Crippen molar-refractivity contribution in [3.63, 3.8) is 0 Å². The summed E-state index contributed by atoms with van der Waals surface area (Å²) in [6, 6.07) is 13.2. The van der Waals surface area contributed by atoms with E-state index in [1.165, 1.54) is 17.5 Å². The SMILES string of the molecule is Cc1cccc(NC(=O)[C@@H](C)OC(=O)c2ccc3c(c2)CCCC3)c1. The first-order chi connectivity index (χ1) is 12.0. The zero-order chi connectivity index (χ0) is 17.8. The summed E-state index contributed by atoms with van der Waals surface area (Å²) in [5.74, 6) is -0.794. The lowest BCUT2D eigenvalue weighted by Gasteiger charge is -2.17. The minimum atomic E-state index is -0.857. The summed E-state index contributed by atoms with van der Waals surface area (Å²) >= 11 is 0. The van der Waals surface area contributed by atoms with E-state index >= 15 is 0 Å². The standard InChI is InChI=1S/C21H23NO3/c1-14-6-5-9-19(12-14)22-20(23)15(2)25-21(24)18-11-10-16-7-3-4-8-17(16)13-18/h5-6,9-13,15H,3-4,7-8H2,1-2H3,(H,22,23)/t15-/m1/s1. The van der Waals surface area contributed by atoms with Gasteiger partial charge in [0, 0.05) is 5.69 Å². The van der Waals surface area contributed by atoms with Crippen molar-refractivity contribution >= 4 is 17.6 Å². The van der Waals surface area contributed by atoms with Gasteiger partial charge in [-0.3, -0.25) is 4.79 Å². The molecule has 4 nitrogen and oxygen atoms in total. The van der Waals surface area contributed by atoms with Gasteiger partial charge in [0.15, 0.2) is 6.10 Å². The van der Waals surface area contributed by atoms with E-state index in [9.17, 15) is 9.59 Å². The van der Waals surface area contributed by atoms with Crippen LogP contribution < -0.4 is 5.32 Å². The Morgan fingerprint density at radius 2 is 1.80 bits per heavy atom. The van der Waals surface area contributed by atoms with Gasteiger partial charge in [-0.25, -0.2) is 4.79 Å². The first-order valence-electron chi connectivity index (χ1n) is 8.73. The van der Waals surface area contributed by atoms with E-state index in [1.54, 1.807) is 13.0 Å². The van der Waals surface area contributed by atoms with E-state index in [0.29, 0.717) is 11.3 Å². The second-order valence-corrected chi connectivity index (χ2v) is 6.60. The molecule has 130 valence electrons. The Labute approximate surface area is 148 Å². The Balaban J connectivity index is 1.62. The Morgan fingerprint density at radius 3 is 2.56 bits per heavy atom. The van der Waals surface area contributed by atoms with Crippen LogP contribution in [0.15, 0.2) is 42.5 Å². The van der Waals surface area contributed by atoms with Crippen LogP contribution in [0.4, 0.5) is 5.69 Å². The summed E-state index contributed by atoms with van der Waals surface area (Å²) < 4.78 is 5.34. The summed E-state index contributed by atoms with van der Waals surface area (Å²) in [4.78, 5) is 24.6. The quantitative estimate of drug-likeness (QED) is 0.856. The maximum absolute atomic E-state index is 12.3. The number of hydrogen-bond donors (Lipinski definition) is 1. The van der Waals surface area contributed by atoms with Crippen molar-refractivity contribution < 1.29 is 14.3 Å². The lowest BCUT2D eigenvalue weighted by molar-refractivity contribution is -0.123. The van der Waals surface area contributed by atoms with Gasteiger partial charge in [-0.1, -0.05) is 18.2 Å². The first kappa shape index (κ1) is 17.2. The van der Waals surface area contributed by atoms with Gasteiger partial charge in [-0.05, 0) is 80.5 Å². The largest absolute Gasteiger partial charge is 0.449 e. The predicted octanol–water partition coefficient (Wildman–Crippen LogP) is 4.06. The normalized spacial score (nSPS) is 14.3. The average Bonchev–Trinajstić information content (AvgIpc) is 2.61. The Bertz CT molecular complexity index is 797. The molecule has 2 aromatic carbocycles. The molecule has 0 unspecified atom stereocenters. The molecular formula is C21H23NO3. The molecule has 0 fully saturated rings. The van der Waals surface area contributed by atoms with E-state index < -0.39 is 12.1 Å². The maximum atomic E-state index is 12.3. The average molecular weight is 337 g/mol. The van der Waals surface area contributed by atoms with Gasteiger partial charge in [0.05, 0.1) is 5.56 Å². The fourth-order valence-electron chi connectivity index (χ4n) is 3.11. The minimum Gasteiger partial charge on any atom is -0.449 e. The minimum absolute atomic E-state index is 0.336. The number of ether oxygens (including phenoxy) is 1. The number of carbonyl (C=O) groups is 2. The smallest absolute Gasteiger partial charge is 0.338 e.